The zero-order valence-electron chi connectivity index (χ0n) is 15.0. The summed E-state index contributed by atoms with van der Waals surface area (Å²) < 4.78 is 4.79. The molecule has 2 aromatic rings. The molecule has 0 aliphatic carbocycles. The van der Waals surface area contributed by atoms with Crippen LogP contribution < -0.4 is 4.90 Å². The number of ether oxygens (including phenoxy) is 1. The van der Waals surface area contributed by atoms with Crippen LogP contribution in [0.25, 0.3) is 0 Å². The molecule has 0 radical (unpaired) electrons. The number of rotatable bonds is 3. The molecule has 7 nitrogen and oxygen atoms in total. The van der Waals surface area contributed by atoms with Gasteiger partial charge in [-0.05, 0) is 37.6 Å². The largest absolute Gasteiger partial charge is 0.464 e. The third kappa shape index (κ3) is 2.42. The van der Waals surface area contributed by atoms with Gasteiger partial charge in [-0.15, -0.1) is 0 Å². The van der Waals surface area contributed by atoms with Gasteiger partial charge in [0.05, 0.1) is 18.7 Å². The molecule has 1 N–H and O–H groups in total. The van der Waals surface area contributed by atoms with Crippen LogP contribution in [-0.2, 0) is 21.5 Å². The molecule has 2 aliphatic heterocycles. The first-order chi connectivity index (χ1) is 12.6. The highest BCUT2D eigenvalue weighted by Gasteiger charge is 2.50. The number of piperidine rings is 1. The minimum Gasteiger partial charge on any atom is -0.464 e. The third-order valence-corrected chi connectivity index (χ3v) is 5.71. The monoisotopic (exact) mass is 354 g/mol. The lowest BCUT2D eigenvalue weighted by atomic mass is 9.73. The van der Waals surface area contributed by atoms with E-state index in [0.29, 0.717) is 12.2 Å². The van der Waals surface area contributed by atoms with Gasteiger partial charge in [0, 0.05) is 24.8 Å². The lowest BCUT2D eigenvalue weighted by Gasteiger charge is -2.38. The standard InChI is InChI=1S/C19H22N4O3/c1-22-15-6-4-3-5-14(15)19(18(22)25)7-9-23(10-8-19)12-13-11-20-21-16(13)17(24)26-2/h3-6,11H,7-10,12H2,1-2H3,(H,20,21). The average molecular weight is 354 g/mol. The second-order valence-corrected chi connectivity index (χ2v) is 7.00. The predicted octanol–water partition coefficient (Wildman–Crippen LogP) is 1.71. The van der Waals surface area contributed by atoms with Crippen LogP contribution >= 0.6 is 0 Å². The number of nitrogens with one attached hydrogen (secondary N) is 1. The van der Waals surface area contributed by atoms with Gasteiger partial charge in [-0.3, -0.25) is 14.8 Å². The SMILES string of the molecule is COC(=O)c1[nH]ncc1CN1CCC2(CC1)C(=O)N(C)c1ccccc12. The maximum Gasteiger partial charge on any atom is 0.356 e. The van der Waals surface area contributed by atoms with E-state index < -0.39 is 11.4 Å². The zero-order valence-corrected chi connectivity index (χ0v) is 15.0. The number of amides is 1. The summed E-state index contributed by atoms with van der Waals surface area (Å²) in [5.41, 5.74) is 2.97. The van der Waals surface area contributed by atoms with Crippen LogP contribution in [0.15, 0.2) is 30.5 Å². The van der Waals surface area contributed by atoms with Crippen molar-refractivity contribution in [3.8, 4) is 0 Å². The highest BCUT2D eigenvalue weighted by atomic mass is 16.5. The van der Waals surface area contributed by atoms with Crippen LogP contribution in [0.1, 0.15) is 34.5 Å². The Bertz CT molecular complexity index is 852. The number of aromatic nitrogens is 2. The number of aromatic amines is 1. The Labute approximate surface area is 151 Å². The quantitative estimate of drug-likeness (QED) is 0.849. The number of hydrogen-bond donors (Lipinski definition) is 1. The second-order valence-electron chi connectivity index (χ2n) is 7.00. The topological polar surface area (TPSA) is 78.5 Å². The summed E-state index contributed by atoms with van der Waals surface area (Å²) in [5.74, 6) is -0.218. The Hall–Kier alpha value is -2.67. The first-order valence-corrected chi connectivity index (χ1v) is 8.77. The maximum atomic E-state index is 13.0. The van der Waals surface area contributed by atoms with Crippen molar-refractivity contribution in [3.05, 3.63) is 47.3 Å². The fraction of sp³-hybridized carbons (Fsp3) is 0.421. The van der Waals surface area contributed by atoms with E-state index in [2.05, 4.69) is 21.2 Å². The molecule has 1 saturated heterocycles. The Morgan fingerprint density at radius 2 is 2.04 bits per heavy atom. The molecule has 0 saturated carbocycles. The molecular weight excluding hydrogens is 332 g/mol. The van der Waals surface area contributed by atoms with Gasteiger partial charge in [0.25, 0.3) is 0 Å². The van der Waals surface area contributed by atoms with Crippen LogP contribution in [0.2, 0.25) is 0 Å². The first kappa shape index (κ1) is 16.8. The summed E-state index contributed by atoms with van der Waals surface area (Å²) >= 11 is 0. The Morgan fingerprint density at radius 1 is 1.31 bits per heavy atom. The van der Waals surface area contributed by atoms with Crippen LogP contribution in [0, 0.1) is 0 Å². The molecule has 2 aliphatic rings. The summed E-state index contributed by atoms with van der Waals surface area (Å²) in [6.45, 7) is 2.20. The number of H-pyrrole nitrogens is 1. The normalized spacial score (nSPS) is 19.0. The van der Waals surface area contributed by atoms with Crippen molar-refractivity contribution in [1.82, 2.24) is 15.1 Å². The molecular formula is C19H22N4O3. The average Bonchev–Trinajstić information content (AvgIpc) is 3.21. The van der Waals surface area contributed by atoms with Gasteiger partial charge in [0.15, 0.2) is 0 Å². The lowest BCUT2D eigenvalue weighted by Crippen LogP contribution is -2.47. The molecule has 136 valence electrons. The summed E-state index contributed by atoms with van der Waals surface area (Å²) in [6.07, 6.45) is 3.22. The fourth-order valence-corrected chi connectivity index (χ4v) is 4.24. The molecule has 1 fully saturated rings. The number of para-hydroxylation sites is 1. The smallest absolute Gasteiger partial charge is 0.356 e. The molecule has 1 spiro atoms. The minimum absolute atomic E-state index is 0.192. The van der Waals surface area contributed by atoms with Gasteiger partial charge in [0.2, 0.25) is 5.91 Å². The van der Waals surface area contributed by atoms with E-state index in [9.17, 15) is 9.59 Å². The van der Waals surface area contributed by atoms with Gasteiger partial charge < -0.3 is 9.64 Å². The van der Waals surface area contributed by atoms with E-state index in [0.717, 1.165) is 42.7 Å². The minimum atomic E-state index is -0.413. The van der Waals surface area contributed by atoms with Gasteiger partial charge in [-0.2, -0.15) is 5.10 Å². The molecule has 0 atom stereocenters. The molecule has 26 heavy (non-hydrogen) atoms. The van der Waals surface area contributed by atoms with Gasteiger partial charge in [-0.1, -0.05) is 18.2 Å². The molecule has 1 aromatic heterocycles. The number of benzene rings is 1. The molecule has 1 aromatic carbocycles. The van der Waals surface area contributed by atoms with Crippen molar-refractivity contribution in [2.24, 2.45) is 0 Å². The number of anilines is 1. The lowest BCUT2D eigenvalue weighted by molar-refractivity contribution is -0.124. The van der Waals surface area contributed by atoms with Crippen molar-refractivity contribution < 1.29 is 14.3 Å². The number of likely N-dealkylation sites (N-methyl/N-ethyl adjacent to an activating group) is 1. The van der Waals surface area contributed by atoms with Gasteiger partial charge in [0.1, 0.15) is 5.69 Å². The van der Waals surface area contributed by atoms with Crippen LogP contribution in [-0.4, -0.2) is 54.2 Å². The van der Waals surface area contributed by atoms with Crippen molar-refractivity contribution in [1.29, 1.82) is 0 Å². The number of methoxy groups -OCH3 is 1. The second kappa shape index (κ2) is 6.25. The van der Waals surface area contributed by atoms with E-state index >= 15 is 0 Å². The molecule has 7 heteroatoms. The van der Waals surface area contributed by atoms with Gasteiger partial charge >= 0.3 is 5.97 Å². The third-order valence-electron chi connectivity index (χ3n) is 5.71. The van der Waals surface area contributed by atoms with Crippen molar-refractivity contribution >= 4 is 17.6 Å². The van der Waals surface area contributed by atoms with E-state index in [1.807, 2.05) is 25.2 Å². The van der Waals surface area contributed by atoms with E-state index in [-0.39, 0.29) is 5.91 Å². The summed E-state index contributed by atoms with van der Waals surface area (Å²) in [6, 6.07) is 8.08. The molecule has 3 heterocycles. The van der Waals surface area contributed by atoms with Crippen LogP contribution in [0.3, 0.4) is 0 Å². The number of carbonyl (C=O) groups excluding carboxylic acids is 2. The number of esters is 1. The Kier molecular flexibility index (Phi) is 4.03. The number of hydrogen-bond acceptors (Lipinski definition) is 5. The number of nitrogens with zero attached hydrogens (tertiary/aromatic N) is 3. The number of carbonyl (C=O) groups is 2. The summed E-state index contributed by atoms with van der Waals surface area (Å²) in [4.78, 5) is 28.8. The van der Waals surface area contributed by atoms with Crippen molar-refractivity contribution in [2.75, 3.05) is 32.1 Å². The predicted molar refractivity (Wildman–Crippen MR) is 96.0 cm³/mol. The van der Waals surface area contributed by atoms with Crippen molar-refractivity contribution in [3.63, 3.8) is 0 Å². The fourth-order valence-electron chi connectivity index (χ4n) is 4.24. The molecule has 1 amide bonds. The summed E-state index contributed by atoms with van der Waals surface area (Å²) in [7, 11) is 3.22. The molecule has 4 rings (SSSR count). The number of likely N-dealkylation sites (tertiary alicyclic amines) is 1. The highest BCUT2D eigenvalue weighted by Crippen LogP contribution is 2.47. The zero-order chi connectivity index (χ0) is 18.3. The van der Waals surface area contributed by atoms with Gasteiger partial charge in [-0.25, -0.2) is 4.79 Å². The summed E-state index contributed by atoms with van der Waals surface area (Å²) in [5, 5.41) is 6.67. The Morgan fingerprint density at radius 3 is 2.77 bits per heavy atom. The van der Waals surface area contributed by atoms with Crippen LogP contribution in [0.4, 0.5) is 5.69 Å². The number of fused-ring (bicyclic) bond motifs is 2. The van der Waals surface area contributed by atoms with E-state index in [1.54, 1.807) is 11.1 Å². The van der Waals surface area contributed by atoms with E-state index in [4.69, 9.17) is 4.74 Å². The Balaban J connectivity index is 1.51. The van der Waals surface area contributed by atoms with Crippen LogP contribution in [0.5, 0.6) is 0 Å². The first-order valence-electron chi connectivity index (χ1n) is 8.77. The highest BCUT2D eigenvalue weighted by molar-refractivity contribution is 6.07. The molecule has 0 bridgehead atoms. The molecule has 0 unspecified atom stereocenters. The van der Waals surface area contributed by atoms with E-state index in [1.165, 1.54) is 7.11 Å². The maximum absolute atomic E-state index is 13.0. The van der Waals surface area contributed by atoms with Crippen molar-refractivity contribution in [2.45, 2.75) is 24.8 Å².